The van der Waals surface area contributed by atoms with Gasteiger partial charge in [-0.1, -0.05) is 74.5 Å². The lowest BCUT2D eigenvalue weighted by molar-refractivity contribution is 0.565. The molecule has 130 valence electrons. The maximum atomic E-state index is 12.8. The third kappa shape index (κ3) is 4.99. The first-order valence-electron chi connectivity index (χ1n) is 8.38. The van der Waals surface area contributed by atoms with E-state index < -0.39 is 18.9 Å². The molecular weight excluding hydrogens is 333 g/mol. The highest BCUT2D eigenvalue weighted by atomic mass is 32.2. The van der Waals surface area contributed by atoms with Crippen LogP contribution in [0.15, 0.2) is 60.7 Å². The van der Waals surface area contributed by atoms with Crippen LogP contribution < -0.4 is 15.3 Å². The van der Waals surface area contributed by atoms with E-state index in [2.05, 4.69) is 67.1 Å². The molecule has 0 amide bonds. The average Bonchev–Trinajstić information content (AvgIpc) is 2.55. The van der Waals surface area contributed by atoms with Crippen molar-refractivity contribution < 1.29 is 4.21 Å². The van der Waals surface area contributed by atoms with Gasteiger partial charge in [0.1, 0.15) is 0 Å². The van der Waals surface area contributed by atoms with Crippen LogP contribution in [-0.2, 0) is 11.0 Å². The molecule has 2 nitrogen and oxygen atoms in total. The molecule has 1 N–H and O–H groups in total. The van der Waals surface area contributed by atoms with E-state index in [4.69, 9.17) is 0 Å². The molecule has 4 heteroatoms. The molecule has 0 aliphatic heterocycles. The van der Waals surface area contributed by atoms with Crippen LogP contribution in [0.1, 0.15) is 34.6 Å². The molecule has 0 radical (unpaired) electrons. The van der Waals surface area contributed by atoms with Gasteiger partial charge < -0.3 is 0 Å². The first-order valence-corrected chi connectivity index (χ1v) is 10.9. The van der Waals surface area contributed by atoms with Gasteiger partial charge in [0.15, 0.2) is 0 Å². The van der Waals surface area contributed by atoms with Crippen molar-refractivity contribution in [1.82, 2.24) is 4.72 Å². The Kier molecular flexibility index (Phi) is 6.74. The van der Waals surface area contributed by atoms with Gasteiger partial charge in [-0.15, -0.1) is 0 Å². The molecule has 0 fully saturated rings. The maximum absolute atomic E-state index is 12.8. The second kappa shape index (κ2) is 8.38. The van der Waals surface area contributed by atoms with Crippen molar-refractivity contribution in [2.45, 2.75) is 45.1 Å². The molecule has 0 spiro atoms. The molecule has 0 aliphatic rings. The van der Waals surface area contributed by atoms with Gasteiger partial charge in [0.2, 0.25) is 0 Å². The smallest absolute Gasteiger partial charge is 0.0976 e. The van der Waals surface area contributed by atoms with E-state index >= 15 is 0 Å². The second-order valence-electron chi connectivity index (χ2n) is 7.23. The van der Waals surface area contributed by atoms with Crippen molar-refractivity contribution in [1.29, 1.82) is 0 Å². The largest absolute Gasteiger partial charge is 0.242 e. The van der Waals surface area contributed by atoms with Crippen LogP contribution in [0.5, 0.6) is 0 Å². The van der Waals surface area contributed by atoms with E-state index in [0.717, 1.165) is 0 Å². The zero-order valence-corrected chi connectivity index (χ0v) is 16.9. The van der Waals surface area contributed by atoms with E-state index in [1.807, 2.05) is 32.9 Å². The van der Waals surface area contributed by atoms with E-state index in [9.17, 15) is 4.21 Å². The summed E-state index contributed by atoms with van der Waals surface area (Å²) in [6.45, 7) is 10.5. The third-order valence-electron chi connectivity index (χ3n) is 3.76. The van der Waals surface area contributed by atoms with Crippen LogP contribution in [0.4, 0.5) is 0 Å². The zero-order valence-electron chi connectivity index (χ0n) is 15.2. The molecule has 2 atom stereocenters. The monoisotopic (exact) mass is 361 g/mol. The highest BCUT2D eigenvalue weighted by molar-refractivity contribution is 7.85. The summed E-state index contributed by atoms with van der Waals surface area (Å²) in [5.41, 5.74) is 0. The number of nitrogens with one attached hydrogen (secondary N) is 1. The van der Waals surface area contributed by atoms with Gasteiger partial charge in [0.25, 0.3) is 0 Å². The summed E-state index contributed by atoms with van der Waals surface area (Å²) >= 11 is 0. The standard InChI is InChI=1S/C20H28NOPS/c1-16(2)19(21-24(22)20(3,4)5)23(17-12-8-6-9-13-17)18-14-10-7-11-15-18/h6-16,19,21H,1-5H3/t19-,24?/m1/s1. The van der Waals surface area contributed by atoms with Crippen LogP contribution in [0.25, 0.3) is 0 Å². The number of hydrogen-bond acceptors (Lipinski definition) is 1. The normalized spacial score (nSPS) is 14.8. The molecule has 0 heterocycles. The lowest BCUT2D eigenvalue weighted by atomic mass is 10.2. The molecule has 24 heavy (non-hydrogen) atoms. The van der Waals surface area contributed by atoms with Crippen molar-refractivity contribution in [2.24, 2.45) is 5.92 Å². The lowest BCUT2D eigenvalue weighted by Crippen LogP contribution is -2.44. The van der Waals surface area contributed by atoms with E-state index in [0.29, 0.717) is 5.92 Å². The summed E-state index contributed by atoms with van der Waals surface area (Å²) in [5, 5.41) is 2.63. The van der Waals surface area contributed by atoms with Gasteiger partial charge in [-0.2, -0.15) is 0 Å². The summed E-state index contributed by atoms with van der Waals surface area (Å²) in [5.74, 6) is 0.535. The molecule has 0 aliphatic carbocycles. The zero-order chi connectivity index (χ0) is 17.7. The fraction of sp³-hybridized carbons (Fsp3) is 0.400. The van der Waals surface area contributed by atoms with E-state index in [1.54, 1.807) is 0 Å². The summed E-state index contributed by atoms with van der Waals surface area (Å²) in [4.78, 5) is 0. The number of hydrogen-bond donors (Lipinski definition) is 1. The quantitative estimate of drug-likeness (QED) is 0.770. The number of benzene rings is 2. The molecule has 0 saturated heterocycles. The van der Waals surface area contributed by atoms with Gasteiger partial charge in [-0.25, -0.2) is 8.93 Å². The Morgan fingerprint density at radius 2 is 1.29 bits per heavy atom. The summed E-state index contributed by atoms with van der Waals surface area (Å²) in [6, 6.07) is 21.2. The molecule has 0 bridgehead atoms. The van der Waals surface area contributed by atoms with Crippen LogP contribution >= 0.6 is 7.92 Å². The summed E-state index contributed by atoms with van der Waals surface area (Å²) < 4.78 is 15.9. The minimum atomic E-state index is -1.09. The Morgan fingerprint density at radius 3 is 1.62 bits per heavy atom. The van der Waals surface area contributed by atoms with E-state index in [1.165, 1.54) is 10.6 Å². The highest BCUT2D eigenvalue weighted by Gasteiger charge is 2.31. The first-order chi connectivity index (χ1) is 11.3. The van der Waals surface area contributed by atoms with Crippen molar-refractivity contribution in [2.75, 3.05) is 0 Å². The van der Waals surface area contributed by atoms with E-state index in [-0.39, 0.29) is 10.5 Å². The maximum Gasteiger partial charge on any atom is 0.0976 e. The fourth-order valence-corrected chi connectivity index (χ4v) is 6.50. The van der Waals surface area contributed by atoms with Crippen LogP contribution in [-0.4, -0.2) is 14.7 Å². The van der Waals surface area contributed by atoms with Gasteiger partial charge >= 0.3 is 0 Å². The van der Waals surface area contributed by atoms with Gasteiger partial charge in [-0.3, -0.25) is 0 Å². The minimum absolute atomic E-state index is 0.157. The molecule has 2 aromatic carbocycles. The predicted molar refractivity (Wildman–Crippen MR) is 109 cm³/mol. The topological polar surface area (TPSA) is 29.1 Å². The predicted octanol–water partition coefficient (Wildman–Crippen LogP) is 4.15. The first kappa shape index (κ1) is 19.3. The third-order valence-corrected chi connectivity index (χ3v) is 8.51. The van der Waals surface area contributed by atoms with Crippen molar-refractivity contribution in [3.05, 3.63) is 60.7 Å². The summed E-state index contributed by atoms with van der Waals surface area (Å²) in [6.07, 6.45) is 0. The molecule has 2 aromatic rings. The fourth-order valence-electron chi connectivity index (χ4n) is 2.42. The van der Waals surface area contributed by atoms with Crippen LogP contribution in [0.2, 0.25) is 0 Å². The van der Waals surface area contributed by atoms with Crippen molar-refractivity contribution in [3.63, 3.8) is 0 Å². The minimum Gasteiger partial charge on any atom is -0.242 e. The Hall–Kier alpha value is -1.02. The molecule has 0 saturated carbocycles. The molecule has 1 unspecified atom stereocenters. The van der Waals surface area contributed by atoms with Crippen LogP contribution in [0, 0.1) is 5.92 Å². The number of rotatable bonds is 6. The SMILES string of the molecule is CC(C)[C@H](NS(=O)C(C)(C)C)P(c1ccccc1)c1ccccc1. The van der Waals surface area contributed by atoms with Crippen molar-refractivity contribution >= 4 is 29.5 Å². The average molecular weight is 361 g/mol. The molecule has 0 aromatic heterocycles. The van der Waals surface area contributed by atoms with Gasteiger partial charge in [0, 0.05) is 5.78 Å². The lowest BCUT2D eigenvalue weighted by Gasteiger charge is -2.34. The molecule has 2 rings (SSSR count). The highest BCUT2D eigenvalue weighted by Crippen LogP contribution is 2.42. The second-order valence-corrected chi connectivity index (χ2v) is 11.6. The Labute approximate surface area is 150 Å². The van der Waals surface area contributed by atoms with Gasteiger partial charge in [0.05, 0.1) is 15.7 Å². The van der Waals surface area contributed by atoms with Gasteiger partial charge in [-0.05, 0) is 45.2 Å². The molecular formula is C20H28NOPS. The Balaban J connectivity index is 2.45. The van der Waals surface area contributed by atoms with Crippen molar-refractivity contribution in [3.8, 4) is 0 Å². The Morgan fingerprint density at radius 1 is 0.875 bits per heavy atom. The van der Waals surface area contributed by atoms with Crippen LogP contribution in [0.3, 0.4) is 0 Å². The summed E-state index contributed by atoms with van der Waals surface area (Å²) in [7, 11) is -1.73. The Bertz CT molecular complexity index is 613.